The Morgan fingerprint density at radius 3 is 1.18 bits per heavy atom. The second kappa shape index (κ2) is 42.2. The van der Waals surface area contributed by atoms with Gasteiger partial charge in [0, 0.05) is 68.4 Å². The largest absolute Gasteiger partial charge is 1.00 e. The smallest absolute Gasteiger partial charge is 0.508 e. The van der Waals surface area contributed by atoms with Crippen LogP contribution in [0, 0.1) is 23.7 Å². The van der Waals surface area contributed by atoms with E-state index in [9.17, 15) is 72.5 Å². The number of ether oxygens (including phenoxy) is 2. The van der Waals surface area contributed by atoms with Crippen molar-refractivity contribution in [1.82, 2.24) is 31.2 Å². The standard InChI is InChI=1S/C33H46N4O9S.C33H44N4O9S.BH4.Na/c2*1-19(13-24(40)16-34-32-35-17-25(18-38)47-32)30(44)36-21(3)28(42)14-20(2)31(45)37-26(15-22-7-9-23(39)10-8-22)27(41)11-12-29(43)46-33(4,5)6;;/h7-10,17,19-21,26,38-39H,11-16,18H2,1-6H3,(H,34,35)(H,36,44)(H,37,45);7-10,17-21,26,39H,11-16H2,1-6H3,(H,34,35)(H,36,44)(H,37,45);1H4;/q;;-1;+1/t2*19-,20-,21+,26+;;/m11../s1. The minimum Gasteiger partial charge on any atom is -0.508 e. The third-order valence-corrected chi connectivity index (χ3v) is 15.8. The van der Waals surface area contributed by atoms with Crippen LogP contribution in [-0.4, -0.2) is 159 Å². The average molecular weight is 1390 g/mol. The van der Waals surface area contributed by atoms with Gasteiger partial charge in [0.05, 0.1) is 72.7 Å². The maximum atomic E-state index is 13.1. The van der Waals surface area contributed by atoms with Crippen molar-refractivity contribution >= 4 is 118 Å². The number of anilines is 2. The molecule has 30 heteroatoms. The fraction of sp³-hybridized carbons (Fsp3) is 0.530. The molecule has 96 heavy (non-hydrogen) atoms. The molecule has 0 bridgehead atoms. The van der Waals surface area contributed by atoms with E-state index in [1.807, 2.05) is 0 Å². The summed E-state index contributed by atoms with van der Waals surface area (Å²) in [6, 6.07) is 8.44. The van der Waals surface area contributed by atoms with Gasteiger partial charge in [0.2, 0.25) is 23.6 Å². The Labute approximate surface area is 592 Å². The first kappa shape index (κ1) is 86.4. The molecule has 0 saturated carbocycles. The van der Waals surface area contributed by atoms with E-state index in [1.54, 1.807) is 79.7 Å². The summed E-state index contributed by atoms with van der Waals surface area (Å²) < 4.78 is 10.5. The minimum absolute atomic E-state index is 0. The Morgan fingerprint density at radius 1 is 0.500 bits per heavy atom. The summed E-state index contributed by atoms with van der Waals surface area (Å²) in [6.07, 6.45) is 2.47. The summed E-state index contributed by atoms with van der Waals surface area (Å²) >= 11 is 2.31. The van der Waals surface area contributed by atoms with Crippen LogP contribution >= 0.6 is 22.7 Å². The number of nitrogens with one attached hydrogen (secondary N) is 6. The van der Waals surface area contributed by atoms with Crippen LogP contribution in [0.4, 0.5) is 10.3 Å². The van der Waals surface area contributed by atoms with E-state index in [0.717, 1.165) is 11.3 Å². The number of aliphatic hydroxyl groups is 1. The minimum atomic E-state index is -1.00. The predicted molar refractivity (Wildman–Crippen MR) is 362 cm³/mol. The number of aliphatic hydroxyl groups excluding tert-OH is 1. The second-order valence-corrected chi connectivity index (χ2v) is 27.2. The van der Waals surface area contributed by atoms with Gasteiger partial charge < -0.3 is 56.7 Å². The first-order chi connectivity index (χ1) is 43.9. The predicted octanol–water partition coefficient (Wildman–Crippen LogP) is 1.61. The molecule has 4 aromatic rings. The van der Waals surface area contributed by atoms with Gasteiger partial charge in [0.15, 0.2) is 51.2 Å². The van der Waals surface area contributed by atoms with Crippen molar-refractivity contribution in [3.8, 4) is 11.5 Å². The van der Waals surface area contributed by atoms with Gasteiger partial charge in [-0.15, -0.1) is 0 Å². The number of nitrogens with zero attached hydrogens (tertiary/aromatic N) is 2. The summed E-state index contributed by atoms with van der Waals surface area (Å²) in [4.78, 5) is 173. The number of benzene rings is 2. The van der Waals surface area contributed by atoms with Crippen LogP contribution in [-0.2, 0) is 86.5 Å². The molecule has 2 heterocycles. The van der Waals surface area contributed by atoms with Gasteiger partial charge in [-0.25, -0.2) is 9.97 Å². The molecular weight excluding hydrogens is 1290 g/mol. The Hall–Kier alpha value is -7.57. The fourth-order valence-corrected chi connectivity index (χ4v) is 9.99. The summed E-state index contributed by atoms with van der Waals surface area (Å²) in [7, 11) is 0. The molecule has 0 aliphatic heterocycles. The molecule has 0 spiro atoms. The van der Waals surface area contributed by atoms with Gasteiger partial charge in [-0.1, -0.05) is 83.0 Å². The monoisotopic (exact) mass is 1380 g/mol. The molecule has 26 nitrogen and oxygen atoms in total. The number of aromatic nitrogens is 2. The number of esters is 2. The summed E-state index contributed by atoms with van der Waals surface area (Å²) in [5.74, 6) is -8.34. The topological polar surface area (TPSA) is 399 Å². The molecule has 0 radical (unpaired) electrons. The van der Waals surface area contributed by atoms with Crippen LogP contribution in [0.2, 0.25) is 0 Å². The maximum Gasteiger partial charge on any atom is 1.00 e. The number of ketones is 6. The van der Waals surface area contributed by atoms with Crippen molar-refractivity contribution in [2.45, 2.75) is 189 Å². The number of carbonyl (C=O) groups excluding carboxylic acids is 13. The van der Waals surface area contributed by atoms with Gasteiger partial charge in [0.25, 0.3) is 0 Å². The van der Waals surface area contributed by atoms with Crippen LogP contribution < -0.4 is 61.5 Å². The number of aldehydes is 1. The summed E-state index contributed by atoms with van der Waals surface area (Å²) in [6.45, 7) is 19.2. The number of phenolic OH excluding ortho intramolecular Hbond substituents is 2. The fourth-order valence-electron chi connectivity index (χ4n) is 8.70. The van der Waals surface area contributed by atoms with E-state index < -0.39 is 118 Å². The quantitative estimate of drug-likeness (QED) is 0.0175. The molecule has 0 fully saturated rings. The molecule has 4 rings (SSSR count). The Bertz CT molecular complexity index is 3280. The number of Topliss-reactive ketones (excluding diaryl/α,β-unsaturated/α-hetero) is 6. The van der Waals surface area contributed by atoms with Gasteiger partial charge in [0.1, 0.15) is 22.7 Å². The number of phenols is 2. The third kappa shape index (κ3) is 33.9. The van der Waals surface area contributed by atoms with Crippen molar-refractivity contribution in [3.63, 3.8) is 0 Å². The number of aromatic hydroxyl groups is 2. The first-order valence-corrected chi connectivity index (χ1v) is 32.4. The molecule has 0 saturated heterocycles. The van der Waals surface area contributed by atoms with Gasteiger partial charge >= 0.3 is 41.5 Å². The molecule has 0 aliphatic rings. The zero-order chi connectivity index (χ0) is 70.6. The van der Waals surface area contributed by atoms with Crippen molar-refractivity contribution in [3.05, 3.63) is 81.8 Å². The SMILES string of the molecule is C[C@H](CC(=O)CNc1ncc(C=O)s1)C(=O)N[C@@H](C)C(=O)C[C@@H](C)C(=O)N[C@@H](Cc1ccc(O)cc1)C(=O)CCC(=O)OC(C)(C)C.C[C@H](CC(=O)CNc1ncc(CO)s1)C(=O)N[C@@H](C)C(=O)C[C@@H](C)C(=O)N[C@@H](Cc1ccc(O)cc1)C(=O)CCC(=O)OC(C)(C)C.[BH4-].[Na+]. The molecule has 4 amide bonds. The molecule has 2 aromatic heterocycles. The van der Waals surface area contributed by atoms with Crippen LogP contribution in [0.15, 0.2) is 60.9 Å². The zero-order valence-electron chi connectivity index (χ0n) is 56.3. The van der Waals surface area contributed by atoms with Crippen molar-refractivity contribution in [1.29, 1.82) is 0 Å². The average Bonchev–Trinajstić information content (AvgIpc) is 1.27. The van der Waals surface area contributed by atoms with E-state index in [-0.39, 0.29) is 145 Å². The van der Waals surface area contributed by atoms with E-state index >= 15 is 0 Å². The first-order valence-electron chi connectivity index (χ1n) is 30.7. The van der Waals surface area contributed by atoms with E-state index in [1.165, 1.54) is 75.7 Å². The molecule has 2 aromatic carbocycles. The Kier molecular flexibility index (Phi) is 38.0. The van der Waals surface area contributed by atoms with E-state index in [2.05, 4.69) is 41.9 Å². The number of hydrogen-bond acceptors (Lipinski definition) is 24. The number of thiazole rings is 2. The molecule has 0 unspecified atom stereocenters. The van der Waals surface area contributed by atoms with E-state index in [0.29, 0.717) is 37.4 Å². The number of carbonyl (C=O) groups is 13. The molecule has 8 atom stereocenters. The molecule has 0 aliphatic carbocycles. The Balaban J connectivity index is 0.000000940. The third-order valence-electron chi connectivity index (χ3n) is 13.9. The normalized spacial score (nSPS) is 13.5. The molecule has 522 valence electrons. The number of hydrogen-bond donors (Lipinski definition) is 9. The van der Waals surface area contributed by atoms with Crippen LogP contribution in [0.25, 0.3) is 0 Å². The number of rotatable bonds is 38. The van der Waals surface area contributed by atoms with E-state index in [4.69, 9.17) is 14.6 Å². The molecular formula is C66H94BN8NaO18S2. The maximum absolute atomic E-state index is 13.1. The Morgan fingerprint density at radius 2 is 0.844 bits per heavy atom. The van der Waals surface area contributed by atoms with Crippen molar-refractivity contribution in [2.75, 3.05) is 23.7 Å². The van der Waals surface area contributed by atoms with Crippen LogP contribution in [0.3, 0.4) is 0 Å². The zero-order valence-corrected chi connectivity index (χ0v) is 60.0. The van der Waals surface area contributed by atoms with Gasteiger partial charge in [-0.05, 0) is 104 Å². The van der Waals surface area contributed by atoms with Gasteiger partial charge in [-0.3, -0.25) is 62.3 Å². The summed E-state index contributed by atoms with van der Waals surface area (Å²) in [5, 5.41) is 45.5. The van der Waals surface area contributed by atoms with Crippen LogP contribution in [0.1, 0.15) is 160 Å². The van der Waals surface area contributed by atoms with Crippen molar-refractivity contribution in [2.24, 2.45) is 23.7 Å². The van der Waals surface area contributed by atoms with Crippen LogP contribution in [0.5, 0.6) is 11.5 Å². The van der Waals surface area contributed by atoms with Crippen molar-refractivity contribution < 1.29 is 117 Å². The van der Waals surface area contributed by atoms with Gasteiger partial charge in [-0.2, -0.15) is 0 Å². The summed E-state index contributed by atoms with van der Waals surface area (Å²) in [5.41, 5.74) is -0.0872. The number of amides is 4. The molecule has 9 N–H and O–H groups in total. The second-order valence-electron chi connectivity index (χ2n) is 25.0.